The van der Waals surface area contributed by atoms with Crippen molar-refractivity contribution in [3.63, 3.8) is 0 Å². The quantitative estimate of drug-likeness (QED) is 0.786. The summed E-state index contributed by atoms with van der Waals surface area (Å²) in [7, 11) is 0. The Hall–Kier alpha value is -0.840. The van der Waals surface area contributed by atoms with Crippen molar-refractivity contribution in [2.24, 2.45) is 5.92 Å². The van der Waals surface area contributed by atoms with E-state index in [1.165, 1.54) is 0 Å². The third-order valence-corrected chi connectivity index (χ3v) is 5.25. The molecule has 1 aromatic heterocycles. The van der Waals surface area contributed by atoms with Crippen molar-refractivity contribution in [1.82, 2.24) is 9.55 Å². The maximum atomic E-state index is 12.4. The number of alkyl halides is 1. The number of rotatable bonds is 2. The molecule has 0 aromatic carbocycles. The molecule has 2 aliphatic rings. The summed E-state index contributed by atoms with van der Waals surface area (Å²) in [4.78, 5) is 19.4. The average Bonchev–Trinajstić information content (AvgIpc) is 3.17. The molecule has 0 bridgehead atoms. The van der Waals surface area contributed by atoms with Crippen LogP contribution in [0.2, 0.25) is 0 Å². The van der Waals surface area contributed by atoms with Crippen LogP contribution in [0.1, 0.15) is 32.2 Å². The summed E-state index contributed by atoms with van der Waals surface area (Å²) >= 11 is 3.69. The molecule has 0 N–H and O–H groups in total. The van der Waals surface area contributed by atoms with Crippen LogP contribution in [0.3, 0.4) is 0 Å². The first kappa shape index (κ1) is 12.2. The van der Waals surface area contributed by atoms with E-state index in [0.29, 0.717) is 22.6 Å². The summed E-state index contributed by atoms with van der Waals surface area (Å²) in [5.41, 5.74) is 0.0835. The van der Waals surface area contributed by atoms with Crippen LogP contribution in [0, 0.1) is 5.92 Å². The van der Waals surface area contributed by atoms with Crippen molar-refractivity contribution in [2.45, 2.75) is 37.1 Å². The third-order valence-electron chi connectivity index (χ3n) is 3.89. The second-order valence-electron chi connectivity index (χ2n) is 5.42. The lowest BCUT2D eigenvalue weighted by Gasteiger charge is -2.34. The van der Waals surface area contributed by atoms with Crippen LogP contribution >= 0.6 is 15.9 Å². The Morgan fingerprint density at radius 1 is 1.39 bits per heavy atom. The maximum Gasteiger partial charge on any atom is 0.293 e. The second kappa shape index (κ2) is 4.68. The molecule has 18 heavy (non-hydrogen) atoms. The van der Waals surface area contributed by atoms with Crippen molar-refractivity contribution in [3.05, 3.63) is 22.7 Å². The maximum absolute atomic E-state index is 12.4. The normalized spacial score (nSPS) is 28.4. The molecule has 2 fully saturated rings. The Balaban J connectivity index is 1.88. The Bertz CT molecular complexity index is 497. The zero-order valence-electron chi connectivity index (χ0n) is 10.6. The number of hydrogen-bond acceptors (Lipinski definition) is 3. The molecule has 98 valence electrons. The van der Waals surface area contributed by atoms with Gasteiger partial charge in [0.05, 0.1) is 0 Å². The van der Waals surface area contributed by atoms with Crippen LogP contribution in [0.5, 0.6) is 0 Å². The Morgan fingerprint density at radius 2 is 2.17 bits per heavy atom. The van der Waals surface area contributed by atoms with Gasteiger partial charge in [-0.25, -0.2) is 4.98 Å². The van der Waals surface area contributed by atoms with Gasteiger partial charge in [0.15, 0.2) is 5.82 Å². The zero-order valence-corrected chi connectivity index (χ0v) is 12.1. The first-order valence-electron chi connectivity index (χ1n) is 6.63. The van der Waals surface area contributed by atoms with Gasteiger partial charge in [-0.3, -0.25) is 4.79 Å². The molecule has 1 saturated carbocycles. The van der Waals surface area contributed by atoms with E-state index in [1.54, 1.807) is 6.20 Å². The summed E-state index contributed by atoms with van der Waals surface area (Å²) in [6.45, 7) is 4.04. The van der Waals surface area contributed by atoms with E-state index in [1.807, 2.05) is 10.8 Å². The molecule has 5 heteroatoms. The lowest BCUT2D eigenvalue weighted by Crippen LogP contribution is -2.43. The van der Waals surface area contributed by atoms with E-state index >= 15 is 0 Å². The number of nitrogens with zero attached hydrogens (tertiary/aromatic N) is 3. The van der Waals surface area contributed by atoms with Crippen LogP contribution in [-0.2, 0) is 0 Å². The Labute approximate surface area is 115 Å². The van der Waals surface area contributed by atoms with E-state index in [9.17, 15) is 4.79 Å². The van der Waals surface area contributed by atoms with Crippen molar-refractivity contribution < 1.29 is 0 Å². The number of piperidine rings is 1. The molecule has 3 rings (SSSR count). The van der Waals surface area contributed by atoms with Crippen LogP contribution in [0.4, 0.5) is 5.82 Å². The lowest BCUT2D eigenvalue weighted by molar-refractivity contribution is 0.461. The Kier molecular flexibility index (Phi) is 3.18. The predicted molar refractivity (Wildman–Crippen MR) is 75.5 cm³/mol. The highest BCUT2D eigenvalue weighted by Gasteiger charge is 2.29. The fourth-order valence-corrected chi connectivity index (χ4v) is 2.95. The van der Waals surface area contributed by atoms with Gasteiger partial charge in [-0.1, -0.05) is 22.9 Å². The zero-order chi connectivity index (χ0) is 12.7. The van der Waals surface area contributed by atoms with Crippen molar-refractivity contribution in [1.29, 1.82) is 0 Å². The molecule has 1 aliphatic heterocycles. The van der Waals surface area contributed by atoms with Crippen molar-refractivity contribution in [3.8, 4) is 0 Å². The summed E-state index contributed by atoms with van der Waals surface area (Å²) in [6.07, 6.45) is 6.91. The second-order valence-corrected chi connectivity index (χ2v) is 6.60. The molecule has 4 nitrogen and oxygen atoms in total. The highest BCUT2D eigenvalue weighted by molar-refractivity contribution is 9.09. The number of halogens is 1. The molecule has 0 spiro atoms. The summed E-state index contributed by atoms with van der Waals surface area (Å²) in [5.74, 6) is 1.19. The van der Waals surface area contributed by atoms with Crippen molar-refractivity contribution >= 4 is 21.7 Å². The van der Waals surface area contributed by atoms with Crippen LogP contribution in [0.25, 0.3) is 0 Å². The van der Waals surface area contributed by atoms with E-state index < -0.39 is 0 Å². The van der Waals surface area contributed by atoms with Crippen LogP contribution in [0.15, 0.2) is 17.2 Å². The van der Waals surface area contributed by atoms with Gasteiger partial charge in [0.2, 0.25) is 0 Å². The van der Waals surface area contributed by atoms with Gasteiger partial charge in [0, 0.05) is 36.4 Å². The van der Waals surface area contributed by atoms with E-state index in [0.717, 1.165) is 32.4 Å². The van der Waals surface area contributed by atoms with Gasteiger partial charge in [-0.15, -0.1) is 0 Å². The molecule has 1 saturated heterocycles. The van der Waals surface area contributed by atoms with Gasteiger partial charge in [0.25, 0.3) is 5.56 Å². The largest absolute Gasteiger partial charge is 0.352 e. The number of aromatic nitrogens is 2. The fraction of sp³-hybridized carbons (Fsp3) is 0.692. The standard InChI is InChI=1S/C13H18BrN3O/c1-9-8-16(6-4-11(9)14)12-13(18)17(7-5-15-12)10-2-3-10/h5,7,9-11H,2-4,6,8H2,1H3. The number of hydrogen-bond donors (Lipinski definition) is 0. The molecule has 0 radical (unpaired) electrons. The van der Waals surface area contributed by atoms with Gasteiger partial charge in [-0.05, 0) is 25.2 Å². The highest BCUT2D eigenvalue weighted by Crippen LogP contribution is 2.33. The topological polar surface area (TPSA) is 38.1 Å². The van der Waals surface area contributed by atoms with Crippen LogP contribution in [-0.4, -0.2) is 27.5 Å². The van der Waals surface area contributed by atoms with Gasteiger partial charge in [0.1, 0.15) is 0 Å². The van der Waals surface area contributed by atoms with Crippen LogP contribution < -0.4 is 10.5 Å². The molecule has 2 atom stereocenters. The molecular formula is C13H18BrN3O. The Morgan fingerprint density at radius 3 is 2.83 bits per heavy atom. The minimum atomic E-state index is 0.0835. The van der Waals surface area contributed by atoms with Crippen molar-refractivity contribution in [2.75, 3.05) is 18.0 Å². The smallest absolute Gasteiger partial charge is 0.293 e. The number of anilines is 1. The minimum Gasteiger partial charge on any atom is -0.352 e. The third kappa shape index (κ3) is 2.20. The highest BCUT2D eigenvalue weighted by atomic mass is 79.9. The van der Waals surface area contributed by atoms with Gasteiger partial charge in [-0.2, -0.15) is 0 Å². The molecule has 2 heterocycles. The minimum absolute atomic E-state index is 0.0835. The SMILES string of the molecule is CC1CN(c2nccn(C3CC3)c2=O)CCC1Br. The lowest BCUT2D eigenvalue weighted by atomic mass is 10.0. The fourth-order valence-electron chi connectivity index (χ4n) is 2.58. The van der Waals surface area contributed by atoms with E-state index in [2.05, 4.69) is 32.7 Å². The van der Waals surface area contributed by atoms with E-state index in [4.69, 9.17) is 0 Å². The molecule has 0 amide bonds. The molecule has 1 aliphatic carbocycles. The summed E-state index contributed by atoms with van der Waals surface area (Å²) in [6, 6.07) is 0.422. The molecule has 2 unspecified atom stereocenters. The average molecular weight is 312 g/mol. The monoisotopic (exact) mass is 311 g/mol. The summed E-state index contributed by atoms with van der Waals surface area (Å²) in [5, 5.41) is 0. The molecular weight excluding hydrogens is 294 g/mol. The van der Waals surface area contributed by atoms with E-state index in [-0.39, 0.29) is 5.56 Å². The first-order chi connectivity index (χ1) is 8.66. The van der Waals surface area contributed by atoms with Gasteiger partial charge >= 0.3 is 0 Å². The predicted octanol–water partition coefficient (Wildman–Crippen LogP) is 2.19. The molecule has 1 aromatic rings. The first-order valence-corrected chi connectivity index (χ1v) is 7.54. The van der Waals surface area contributed by atoms with Gasteiger partial charge < -0.3 is 9.47 Å². The summed E-state index contributed by atoms with van der Waals surface area (Å²) < 4.78 is 1.85.